The third-order valence-corrected chi connectivity index (χ3v) is 5.82. The molecule has 0 amide bonds. The number of nitrogens with one attached hydrogen (secondary N) is 1. The van der Waals surface area contributed by atoms with Gasteiger partial charge >= 0.3 is 0 Å². The van der Waals surface area contributed by atoms with Crippen molar-refractivity contribution in [2.24, 2.45) is 0 Å². The maximum absolute atomic E-state index is 3.50. The predicted molar refractivity (Wildman–Crippen MR) is 94.6 cm³/mol. The monoisotopic (exact) mass is 293 g/mol. The van der Waals surface area contributed by atoms with E-state index in [2.05, 4.69) is 41.7 Å². The Balaban J connectivity index is 1.77. The summed E-state index contributed by atoms with van der Waals surface area (Å²) in [5.41, 5.74) is 3.21. The van der Waals surface area contributed by atoms with Gasteiger partial charge in [0.1, 0.15) is 0 Å². The Labute approximate surface area is 134 Å². The SMILES string of the molecule is c1ccc2c(C3CCNCC3)ccc(C3CCCCC3)c2c1. The molecule has 0 bridgehead atoms. The van der Waals surface area contributed by atoms with E-state index in [4.69, 9.17) is 0 Å². The van der Waals surface area contributed by atoms with E-state index in [9.17, 15) is 0 Å². The van der Waals surface area contributed by atoms with Gasteiger partial charge in [0.05, 0.1) is 0 Å². The summed E-state index contributed by atoms with van der Waals surface area (Å²) >= 11 is 0. The Bertz CT molecular complexity index is 577. The van der Waals surface area contributed by atoms with E-state index in [-0.39, 0.29) is 0 Å². The van der Waals surface area contributed by atoms with E-state index in [1.165, 1.54) is 68.8 Å². The summed E-state index contributed by atoms with van der Waals surface area (Å²) < 4.78 is 0. The molecule has 1 nitrogen and oxygen atoms in total. The van der Waals surface area contributed by atoms with Gasteiger partial charge in [-0.3, -0.25) is 0 Å². The highest BCUT2D eigenvalue weighted by atomic mass is 14.9. The van der Waals surface area contributed by atoms with Crippen LogP contribution in [0.25, 0.3) is 10.8 Å². The van der Waals surface area contributed by atoms with E-state index in [0.717, 1.165) is 11.8 Å². The molecule has 2 aromatic rings. The largest absolute Gasteiger partial charge is 0.317 e. The van der Waals surface area contributed by atoms with Gasteiger partial charge in [-0.25, -0.2) is 0 Å². The molecule has 22 heavy (non-hydrogen) atoms. The van der Waals surface area contributed by atoms with E-state index < -0.39 is 0 Å². The van der Waals surface area contributed by atoms with Crippen LogP contribution < -0.4 is 5.32 Å². The minimum absolute atomic E-state index is 0.742. The molecule has 116 valence electrons. The lowest BCUT2D eigenvalue weighted by Crippen LogP contribution is -2.26. The van der Waals surface area contributed by atoms with Crippen LogP contribution in [-0.2, 0) is 0 Å². The van der Waals surface area contributed by atoms with Crippen molar-refractivity contribution in [3.05, 3.63) is 47.5 Å². The molecular formula is C21H27N. The standard InChI is InChI=1S/C21H27N/c1-2-6-16(7-3-1)18-10-11-19(17-12-14-22-15-13-17)21-9-5-4-8-20(18)21/h4-5,8-11,16-17,22H,1-3,6-7,12-15H2. The maximum atomic E-state index is 3.50. The fraction of sp³-hybridized carbons (Fsp3) is 0.524. The quantitative estimate of drug-likeness (QED) is 0.786. The Kier molecular flexibility index (Phi) is 4.16. The first kappa shape index (κ1) is 14.3. The fourth-order valence-electron chi connectivity index (χ4n) is 4.60. The summed E-state index contributed by atoms with van der Waals surface area (Å²) in [7, 11) is 0. The number of hydrogen-bond donors (Lipinski definition) is 1. The van der Waals surface area contributed by atoms with Crippen LogP contribution in [0.2, 0.25) is 0 Å². The lowest BCUT2D eigenvalue weighted by atomic mass is 9.79. The zero-order valence-electron chi connectivity index (χ0n) is 13.5. The number of rotatable bonds is 2. The average molecular weight is 293 g/mol. The smallest absolute Gasteiger partial charge is 0.00431 e. The molecule has 2 aromatic carbocycles. The molecule has 1 aliphatic carbocycles. The Morgan fingerprint density at radius 2 is 1.18 bits per heavy atom. The van der Waals surface area contributed by atoms with Crippen LogP contribution in [0.1, 0.15) is 67.9 Å². The van der Waals surface area contributed by atoms with Crippen molar-refractivity contribution in [2.45, 2.75) is 56.8 Å². The molecule has 0 unspecified atom stereocenters. The molecule has 1 N–H and O–H groups in total. The zero-order chi connectivity index (χ0) is 14.8. The Morgan fingerprint density at radius 1 is 0.636 bits per heavy atom. The molecule has 0 radical (unpaired) electrons. The van der Waals surface area contributed by atoms with Crippen molar-refractivity contribution in [1.29, 1.82) is 0 Å². The van der Waals surface area contributed by atoms with Crippen LogP contribution in [0.5, 0.6) is 0 Å². The van der Waals surface area contributed by atoms with Crippen LogP contribution in [0, 0.1) is 0 Å². The Morgan fingerprint density at radius 3 is 1.77 bits per heavy atom. The van der Waals surface area contributed by atoms with Gasteiger partial charge in [0.15, 0.2) is 0 Å². The van der Waals surface area contributed by atoms with E-state index >= 15 is 0 Å². The normalized spacial score (nSPS) is 21.3. The third kappa shape index (κ3) is 2.67. The lowest BCUT2D eigenvalue weighted by Gasteiger charge is -2.27. The van der Waals surface area contributed by atoms with Crippen molar-refractivity contribution in [1.82, 2.24) is 5.32 Å². The summed E-state index contributed by atoms with van der Waals surface area (Å²) in [6.07, 6.45) is 9.60. The average Bonchev–Trinajstić information content (AvgIpc) is 2.62. The summed E-state index contributed by atoms with van der Waals surface area (Å²) in [5.74, 6) is 1.53. The van der Waals surface area contributed by atoms with Crippen LogP contribution >= 0.6 is 0 Å². The second-order valence-electron chi connectivity index (χ2n) is 7.15. The van der Waals surface area contributed by atoms with Gasteiger partial charge in [-0.1, -0.05) is 55.7 Å². The molecule has 0 atom stereocenters. The van der Waals surface area contributed by atoms with Crippen LogP contribution in [0.4, 0.5) is 0 Å². The minimum atomic E-state index is 0.742. The lowest BCUT2D eigenvalue weighted by molar-refractivity contribution is 0.445. The van der Waals surface area contributed by atoms with E-state index in [1.807, 2.05) is 0 Å². The number of hydrogen-bond acceptors (Lipinski definition) is 1. The van der Waals surface area contributed by atoms with E-state index in [0.29, 0.717) is 0 Å². The van der Waals surface area contributed by atoms with Gasteiger partial charge in [0.25, 0.3) is 0 Å². The maximum Gasteiger partial charge on any atom is -0.00431 e. The molecule has 4 rings (SSSR count). The first-order chi connectivity index (χ1) is 10.9. The molecule has 1 heteroatoms. The first-order valence-electron chi connectivity index (χ1n) is 9.16. The van der Waals surface area contributed by atoms with Gasteiger partial charge in [0, 0.05) is 0 Å². The zero-order valence-corrected chi connectivity index (χ0v) is 13.5. The minimum Gasteiger partial charge on any atom is -0.317 e. The van der Waals surface area contributed by atoms with Gasteiger partial charge in [-0.05, 0) is 72.5 Å². The Hall–Kier alpha value is -1.34. The number of piperidine rings is 1. The molecule has 1 saturated carbocycles. The van der Waals surface area contributed by atoms with Crippen molar-refractivity contribution < 1.29 is 0 Å². The summed E-state index contributed by atoms with van der Waals surface area (Å²) in [6.45, 7) is 2.34. The van der Waals surface area contributed by atoms with Crippen molar-refractivity contribution in [2.75, 3.05) is 13.1 Å². The molecule has 1 heterocycles. The topological polar surface area (TPSA) is 12.0 Å². The highest BCUT2D eigenvalue weighted by Gasteiger charge is 2.21. The fourth-order valence-corrected chi connectivity index (χ4v) is 4.60. The highest BCUT2D eigenvalue weighted by Crippen LogP contribution is 2.39. The van der Waals surface area contributed by atoms with Crippen molar-refractivity contribution >= 4 is 10.8 Å². The summed E-state index contributed by atoms with van der Waals surface area (Å²) in [6, 6.07) is 14.1. The van der Waals surface area contributed by atoms with Gasteiger partial charge in [-0.2, -0.15) is 0 Å². The molecular weight excluding hydrogens is 266 g/mol. The van der Waals surface area contributed by atoms with Gasteiger partial charge in [-0.15, -0.1) is 0 Å². The number of benzene rings is 2. The molecule has 0 spiro atoms. The molecule has 0 aromatic heterocycles. The third-order valence-electron chi connectivity index (χ3n) is 5.82. The number of fused-ring (bicyclic) bond motifs is 1. The molecule has 1 saturated heterocycles. The summed E-state index contributed by atoms with van der Waals surface area (Å²) in [5, 5.41) is 6.55. The van der Waals surface area contributed by atoms with Crippen LogP contribution in [-0.4, -0.2) is 13.1 Å². The summed E-state index contributed by atoms with van der Waals surface area (Å²) in [4.78, 5) is 0. The molecule has 2 fully saturated rings. The van der Waals surface area contributed by atoms with Crippen molar-refractivity contribution in [3.8, 4) is 0 Å². The van der Waals surface area contributed by atoms with Crippen LogP contribution in [0.15, 0.2) is 36.4 Å². The van der Waals surface area contributed by atoms with Gasteiger partial charge in [0.2, 0.25) is 0 Å². The predicted octanol–water partition coefficient (Wildman–Crippen LogP) is 5.35. The van der Waals surface area contributed by atoms with Crippen molar-refractivity contribution in [3.63, 3.8) is 0 Å². The molecule has 1 aliphatic heterocycles. The van der Waals surface area contributed by atoms with Gasteiger partial charge < -0.3 is 5.32 Å². The second kappa shape index (κ2) is 6.42. The highest BCUT2D eigenvalue weighted by molar-refractivity contribution is 5.89. The second-order valence-corrected chi connectivity index (χ2v) is 7.15. The first-order valence-corrected chi connectivity index (χ1v) is 9.16. The van der Waals surface area contributed by atoms with Crippen LogP contribution in [0.3, 0.4) is 0 Å². The van der Waals surface area contributed by atoms with E-state index in [1.54, 1.807) is 11.1 Å². The molecule has 2 aliphatic rings.